The molecule has 0 rings (SSSR count). The van der Waals surface area contributed by atoms with Crippen LogP contribution in [-0.4, -0.2) is 12.9 Å². The highest BCUT2D eigenvalue weighted by Gasteiger charge is 2.14. The first-order valence-electron chi connectivity index (χ1n) is 2.99. The molecule has 62 valence electrons. The molecular weight excluding hydrogens is 150 g/mol. The molecule has 0 amide bonds. The molecule has 0 bridgehead atoms. The standard InChI is InChI=1S/C6H15N3.ClH/c1-6(2,3)5(7)9-8-4;/h8H,1-4H3,(H2,7,9);1H. The molecule has 0 heterocycles. The van der Waals surface area contributed by atoms with E-state index in [1.165, 1.54) is 0 Å². The number of nitrogens with one attached hydrogen (secondary N) is 1. The van der Waals surface area contributed by atoms with Crippen molar-refractivity contribution in [3.05, 3.63) is 0 Å². The van der Waals surface area contributed by atoms with Gasteiger partial charge in [0.15, 0.2) is 0 Å². The number of hydrogen-bond acceptors (Lipinski definition) is 2. The van der Waals surface area contributed by atoms with Crippen LogP contribution >= 0.6 is 12.4 Å². The van der Waals surface area contributed by atoms with Crippen LogP contribution in [0.15, 0.2) is 5.10 Å². The van der Waals surface area contributed by atoms with Crippen LogP contribution in [0.25, 0.3) is 0 Å². The number of hydrazone groups is 1. The van der Waals surface area contributed by atoms with Gasteiger partial charge in [-0.1, -0.05) is 20.8 Å². The van der Waals surface area contributed by atoms with Gasteiger partial charge < -0.3 is 11.2 Å². The first kappa shape index (κ1) is 12.3. The molecule has 0 radical (unpaired) electrons. The van der Waals surface area contributed by atoms with Crippen LogP contribution in [0.5, 0.6) is 0 Å². The highest BCUT2D eigenvalue weighted by molar-refractivity contribution is 5.85. The Kier molecular flexibility index (Phi) is 5.38. The van der Waals surface area contributed by atoms with E-state index in [9.17, 15) is 0 Å². The van der Waals surface area contributed by atoms with E-state index in [1.54, 1.807) is 7.05 Å². The normalized spacial score (nSPS) is 12.2. The molecule has 0 unspecified atom stereocenters. The van der Waals surface area contributed by atoms with Crippen molar-refractivity contribution in [2.75, 3.05) is 7.05 Å². The predicted octanol–water partition coefficient (Wildman–Crippen LogP) is 0.946. The molecule has 0 aliphatic rings. The molecule has 0 aliphatic heterocycles. The smallest absolute Gasteiger partial charge is 0.124 e. The zero-order valence-electron chi connectivity index (χ0n) is 6.93. The summed E-state index contributed by atoms with van der Waals surface area (Å²) in [5.41, 5.74) is 8.16. The van der Waals surface area contributed by atoms with Crippen molar-refractivity contribution in [2.45, 2.75) is 20.8 Å². The van der Waals surface area contributed by atoms with Gasteiger partial charge in [0, 0.05) is 12.5 Å². The van der Waals surface area contributed by atoms with E-state index in [0.29, 0.717) is 5.84 Å². The van der Waals surface area contributed by atoms with Gasteiger partial charge in [0.25, 0.3) is 0 Å². The van der Waals surface area contributed by atoms with E-state index in [-0.39, 0.29) is 17.8 Å². The number of rotatable bonds is 1. The van der Waals surface area contributed by atoms with Crippen LogP contribution in [0.1, 0.15) is 20.8 Å². The molecule has 10 heavy (non-hydrogen) atoms. The molecule has 0 aliphatic carbocycles. The highest BCUT2D eigenvalue weighted by Crippen LogP contribution is 2.11. The molecule has 0 saturated heterocycles. The Balaban J connectivity index is 0. The van der Waals surface area contributed by atoms with Gasteiger partial charge in [0.1, 0.15) is 5.84 Å². The predicted molar refractivity (Wildman–Crippen MR) is 47.4 cm³/mol. The lowest BCUT2D eigenvalue weighted by atomic mass is 9.96. The number of nitrogens with zero attached hydrogens (tertiary/aromatic N) is 1. The summed E-state index contributed by atoms with van der Waals surface area (Å²) in [6.07, 6.45) is 0. The quantitative estimate of drug-likeness (QED) is 0.345. The lowest BCUT2D eigenvalue weighted by molar-refractivity contribution is 0.577. The highest BCUT2D eigenvalue weighted by atomic mass is 35.5. The maximum Gasteiger partial charge on any atom is 0.124 e. The Morgan fingerprint density at radius 1 is 1.40 bits per heavy atom. The maximum atomic E-state index is 5.55. The lowest BCUT2D eigenvalue weighted by Gasteiger charge is -2.16. The van der Waals surface area contributed by atoms with Crippen LogP contribution in [0.2, 0.25) is 0 Å². The monoisotopic (exact) mass is 165 g/mol. The fourth-order valence-corrected chi connectivity index (χ4v) is 0.288. The topological polar surface area (TPSA) is 50.4 Å². The van der Waals surface area contributed by atoms with Crippen molar-refractivity contribution in [3.8, 4) is 0 Å². The van der Waals surface area contributed by atoms with Gasteiger partial charge in [-0.15, -0.1) is 12.4 Å². The summed E-state index contributed by atoms with van der Waals surface area (Å²) in [6, 6.07) is 0. The van der Waals surface area contributed by atoms with Gasteiger partial charge >= 0.3 is 0 Å². The van der Waals surface area contributed by atoms with Gasteiger partial charge in [-0.2, -0.15) is 5.10 Å². The zero-order chi connectivity index (χ0) is 7.49. The van der Waals surface area contributed by atoms with Crippen molar-refractivity contribution in [2.24, 2.45) is 16.3 Å². The van der Waals surface area contributed by atoms with Crippen molar-refractivity contribution in [3.63, 3.8) is 0 Å². The first-order valence-corrected chi connectivity index (χ1v) is 2.99. The van der Waals surface area contributed by atoms with E-state index in [0.717, 1.165) is 0 Å². The maximum absolute atomic E-state index is 5.55. The van der Waals surface area contributed by atoms with Crippen molar-refractivity contribution in [1.82, 2.24) is 5.43 Å². The Morgan fingerprint density at radius 3 is 1.90 bits per heavy atom. The van der Waals surface area contributed by atoms with Gasteiger partial charge in [-0.3, -0.25) is 0 Å². The zero-order valence-corrected chi connectivity index (χ0v) is 7.75. The second kappa shape index (κ2) is 4.39. The molecular formula is C6H16ClN3. The lowest BCUT2D eigenvalue weighted by Crippen LogP contribution is -2.30. The fraction of sp³-hybridized carbons (Fsp3) is 0.833. The van der Waals surface area contributed by atoms with Gasteiger partial charge in [-0.25, -0.2) is 0 Å². The summed E-state index contributed by atoms with van der Waals surface area (Å²) in [5.74, 6) is 0.630. The summed E-state index contributed by atoms with van der Waals surface area (Å²) < 4.78 is 0. The van der Waals surface area contributed by atoms with E-state index >= 15 is 0 Å². The summed E-state index contributed by atoms with van der Waals surface area (Å²) in [5, 5.41) is 3.84. The third-order valence-corrected chi connectivity index (χ3v) is 1.00. The molecule has 0 aromatic carbocycles. The fourth-order valence-electron chi connectivity index (χ4n) is 0.288. The van der Waals surface area contributed by atoms with Gasteiger partial charge in [0.05, 0.1) is 0 Å². The minimum absolute atomic E-state index is 0. The summed E-state index contributed by atoms with van der Waals surface area (Å²) >= 11 is 0. The van der Waals surface area contributed by atoms with Crippen LogP contribution in [0, 0.1) is 5.41 Å². The van der Waals surface area contributed by atoms with Gasteiger partial charge in [-0.05, 0) is 0 Å². The summed E-state index contributed by atoms with van der Waals surface area (Å²) in [7, 11) is 1.73. The molecule has 0 saturated carbocycles. The number of hydrogen-bond donors (Lipinski definition) is 2. The third kappa shape index (κ3) is 4.44. The minimum Gasteiger partial charge on any atom is -0.385 e. The molecule has 0 fully saturated rings. The second-order valence-electron chi connectivity index (χ2n) is 2.97. The van der Waals surface area contributed by atoms with Gasteiger partial charge in [0.2, 0.25) is 0 Å². The first-order chi connectivity index (χ1) is 3.98. The summed E-state index contributed by atoms with van der Waals surface area (Å²) in [6.45, 7) is 6.05. The van der Waals surface area contributed by atoms with E-state index in [1.807, 2.05) is 20.8 Å². The Morgan fingerprint density at radius 2 is 1.80 bits per heavy atom. The molecule has 0 aromatic heterocycles. The Bertz CT molecular complexity index is 115. The average molecular weight is 166 g/mol. The molecule has 3 nitrogen and oxygen atoms in total. The Hall–Kier alpha value is -0.440. The molecule has 0 atom stereocenters. The van der Waals surface area contributed by atoms with Crippen molar-refractivity contribution < 1.29 is 0 Å². The third-order valence-electron chi connectivity index (χ3n) is 1.00. The number of halogens is 1. The van der Waals surface area contributed by atoms with Crippen molar-refractivity contribution in [1.29, 1.82) is 0 Å². The Labute approximate surface area is 68.5 Å². The van der Waals surface area contributed by atoms with E-state index in [2.05, 4.69) is 10.5 Å². The molecule has 3 N–H and O–H groups in total. The van der Waals surface area contributed by atoms with E-state index < -0.39 is 0 Å². The van der Waals surface area contributed by atoms with Crippen LogP contribution in [0.3, 0.4) is 0 Å². The average Bonchev–Trinajstić information content (AvgIpc) is 1.64. The molecule has 0 aromatic rings. The van der Waals surface area contributed by atoms with Crippen LogP contribution < -0.4 is 11.2 Å². The van der Waals surface area contributed by atoms with Crippen LogP contribution in [0.4, 0.5) is 0 Å². The number of nitrogens with two attached hydrogens (primary N) is 1. The second-order valence-corrected chi connectivity index (χ2v) is 2.97. The summed E-state index contributed by atoms with van der Waals surface area (Å²) in [4.78, 5) is 0. The van der Waals surface area contributed by atoms with Crippen LogP contribution in [-0.2, 0) is 0 Å². The SMILES string of the molecule is CNN=C(N)C(C)(C)C.Cl. The number of amidine groups is 1. The van der Waals surface area contributed by atoms with Crippen molar-refractivity contribution >= 4 is 18.2 Å². The molecule has 0 spiro atoms. The van der Waals surface area contributed by atoms with E-state index in [4.69, 9.17) is 5.73 Å². The molecule has 4 heteroatoms. The largest absolute Gasteiger partial charge is 0.385 e. The minimum atomic E-state index is -0.0248.